The number of hydrogen-bond acceptors (Lipinski definition) is 3. The lowest BCUT2D eigenvalue weighted by atomic mass is 9.65. The zero-order valence-electron chi connectivity index (χ0n) is 19.1. The number of H-pyrrole nitrogens is 1. The first kappa shape index (κ1) is 20.5. The van der Waals surface area contributed by atoms with Gasteiger partial charge >= 0.3 is 0 Å². The van der Waals surface area contributed by atoms with Crippen molar-refractivity contribution in [2.75, 3.05) is 24.5 Å². The third kappa shape index (κ3) is 3.72. The molecular formula is C25H37N3O. The number of anilines is 1. The molecule has 4 rings (SSSR count). The Morgan fingerprint density at radius 1 is 1.17 bits per heavy atom. The maximum absolute atomic E-state index is 13.5. The van der Waals surface area contributed by atoms with Crippen LogP contribution < -0.4 is 10.3 Å². The van der Waals surface area contributed by atoms with Gasteiger partial charge in [0, 0.05) is 60.1 Å². The molecule has 0 unspecified atom stereocenters. The quantitative estimate of drug-likeness (QED) is 0.767. The normalized spacial score (nSPS) is 26.2. The molecule has 1 aliphatic heterocycles. The summed E-state index contributed by atoms with van der Waals surface area (Å²) in [4.78, 5) is 21.9. The van der Waals surface area contributed by atoms with Crippen LogP contribution in [0, 0.1) is 17.8 Å². The minimum absolute atomic E-state index is 0.205. The van der Waals surface area contributed by atoms with E-state index in [-0.39, 0.29) is 5.43 Å². The molecular weight excluding hydrogens is 358 g/mol. The van der Waals surface area contributed by atoms with Gasteiger partial charge in [0.1, 0.15) is 0 Å². The molecule has 4 nitrogen and oxygen atoms in total. The predicted molar refractivity (Wildman–Crippen MR) is 123 cm³/mol. The summed E-state index contributed by atoms with van der Waals surface area (Å²) in [7, 11) is 0. The molecule has 1 aromatic heterocycles. The van der Waals surface area contributed by atoms with E-state index in [1.165, 1.54) is 19.3 Å². The van der Waals surface area contributed by atoms with Gasteiger partial charge < -0.3 is 9.88 Å². The summed E-state index contributed by atoms with van der Waals surface area (Å²) in [6.07, 6.45) is 3.79. The zero-order valence-corrected chi connectivity index (χ0v) is 19.1. The number of pyridine rings is 1. The highest BCUT2D eigenvalue weighted by atomic mass is 16.1. The number of likely N-dealkylation sites (tertiary alicyclic amines) is 1. The first-order chi connectivity index (χ1) is 13.6. The number of fused-ring (bicyclic) bond motifs is 3. The van der Waals surface area contributed by atoms with E-state index in [0.29, 0.717) is 16.9 Å². The fourth-order valence-corrected chi connectivity index (χ4v) is 6.38. The molecule has 2 aliphatic rings. The van der Waals surface area contributed by atoms with Crippen LogP contribution in [0.2, 0.25) is 0 Å². The van der Waals surface area contributed by atoms with Gasteiger partial charge in [0.15, 0.2) is 5.43 Å². The van der Waals surface area contributed by atoms with E-state index < -0.39 is 0 Å². The van der Waals surface area contributed by atoms with Crippen molar-refractivity contribution in [1.82, 2.24) is 9.88 Å². The van der Waals surface area contributed by atoms with Gasteiger partial charge in [0.05, 0.1) is 0 Å². The van der Waals surface area contributed by atoms with E-state index >= 15 is 0 Å². The topological polar surface area (TPSA) is 39.3 Å². The molecule has 1 aliphatic carbocycles. The van der Waals surface area contributed by atoms with E-state index in [0.717, 1.165) is 54.0 Å². The van der Waals surface area contributed by atoms with Crippen molar-refractivity contribution in [2.45, 2.75) is 73.4 Å². The fraction of sp³-hybridized carbons (Fsp3) is 0.640. The van der Waals surface area contributed by atoms with Gasteiger partial charge in [-0.15, -0.1) is 0 Å². The van der Waals surface area contributed by atoms with E-state index in [1.807, 2.05) is 0 Å². The molecule has 1 saturated carbocycles. The number of aryl methyl sites for hydroxylation is 1. The van der Waals surface area contributed by atoms with Crippen LogP contribution in [-0.4, -0.2) is 35.6 Å². The number of aromatic nitrogens is 1. The van der Waals surface area contributed by atoms with Crippen LogP contribution in [0.25, 0.3) is 10.9 Å². The molecule has 0 radical (unpaired) electrons. The number of nitrogens with zero attached hydrogens (tertiary/aromatic N) is 2. The molecule has 2 heterocycles. The molecule has 29 heavy (non-hydrogen) atoms. The Balaban J connectivity index is 1.70. The van der Waals surface area contributed by atoms with E-state index in [9.17, 15) is 4.79 Å². The van der Waals surface area contributed by atoms with Gasteiger partial charge in [-0.1, -0.05) is 20.8 Å². The SMILES string of the molecule is CCN(CC)c1ccc2[nH]c(C)c(CN3C[C@@]4(C)C[C@@H]3CC(C)(C)C4)c(=O)c2c1. The van der Waals surface area contributed by atoms with Crippen LogP contribution in [0.1, 0.15) is 65.1 Å². The molecule has 4 heteroatoms. The van der Waals surface area contributed by atoms with Crippen LogP contribution in [0.5, 0.6) is 0 Å². The van der Waals surface area contributed by atoms with Crippen molar-refractivity contribution in [3.05, 3.63) is 39.7 Å². The second-order valence-electron chi connectivity index (χ2n) is 10.6. The van der Waals surface area contributed by atoms with Crippen LogP contribution in [-0.2, 0) is 6.54 Å². The third-order valence-corrected chi connectivity index (χ3v) is 7.31. The maximum atomic E-state index is 13.5. The van der Waals surface area contributed by atoms with Gasteiger partial charge in [0.2, 0.25) is 0 Å². The number of nitrogens with one attached hydrogen (secondary N) is 1. The zero-order chi connectivity index (χ0) is 21.0. The smallest absolute Gasteiger partial charge is 0.194 e. The van der Waals surface area contributed by atoms with Gasteiger partial charge in [-0.25, -0.2) is 0 Å². The highest BCUT2D eigenvalue weighted by Crippen LogP contribution is 2.52. The molecule has 2 atom stereocenters. The second-order valence-corrected chi connectivity index (χ2v) is 10.6. The molecule has 0 spiro atoms. The van der Waals surface area contributed by atoms with Crippen molar-refractivity contribution in [3.63, 3.8) is 0 Å². The lowest BCUT2D eigenvalue weighted by molar-refractivity contribution is 0.126. The minimum Gasteiger partial charge on any atom is -0.372 e. The number of rotatable bonds is 5. The molecule has 2 bridgehead atoms. The Morgan fingerprint density at radius 3 is 2.59 bits per heavy atom. The first-order valence-electron chi connectivity index (χ1n) is 11.3. The van der Waals surface area contributed by atoms with Crippen molar-refractivity contribution < 1.29 is 0 Å². The summed E-state index contributed by atoms with van der Waals surface area (Å²) in [5.41, 5.74) is 5.04. The maximum Gasteiger partial charge on any atom is 0.194 e. The van der Waals surface area contributed by atoms with Gasteiger partial charge in [0.25, 0.3) is 0 Å². The minimum atomic E-state index is 0.205. The molecule has 1 aromatic carbocycles. The predicted octanol–water partition coefficient (Wildman–Crippen LogP) is 5.08. The number of hydrogen-bond donors (Lipinski definition) is 1. The second kappa shape index (κ2) is 7.16. The van der Waals surface area contributed by atoms with E-state index in [4.69, 9.17) is 0 Å². The van der Waals surface area contributed by atoms with Crippen molar-refractivity contribution >= 4 is 16.6 Å². The average Bonchev–Trinajstić information content (AvgIpc) is 2.88. The van der Waals surface area contributed by atoms with E-state index in [1.54, 1.807) is 0 Å². The first-order valence-corrected chi connectivity index (χ1v) is 11.3. The third-order valence-electron chi connectivity index (χ3n) is 7.31. The Bertz CT molecular complexity index is 972. The summed E-state index contributed by atoms with van der Waals surface area (Å²) in [5, 5.41) is 0.823. The van der Waals surface area contributed by atoms with Gasteiger partial charge in [-0.2, -0.15) is 0 Å². The molecule has 158 valence electrons. The Hall–Kier alpha value is -1.81. The fourth-order valence-electron chi connectivity index (χ4n) is 6.38. The summed E-state index contributed by atoms with van der Waals surface area (Å²) in [6, 6.07) is 6.86. The van der Waals surface area contributed by atoms with Crippen LogP contribution in [0.3, 0.4) is 0 Å². The number of benzene rings is 1. The Morgan fingerprint density at radius 2 is 1.90 bits per heavy atom. The largest absolute Gasteiger partial charge is 0.372 e. The summed E-state index contributed by atoms with van der Waals surface area (Å²) < 4.78 is 0. The average molecular weight is 396 g/mol. The highest BCUT2D eigenvalue weighted by Gasteiger charge is 2.49. The molecule has 0 amide bonds. The Kier molecular flexibility index (Phi) is 5.05. The Labute approximate surface area is 175 Å². The molecule has 1 N–H and O–H groups in total. The lowest BCUT2D eigenvalue weighted by Crippen LogP contribution is -2.35. The number of aromatic amines is 1. The van der Waals surface area contributed by atoms with Crippen molar-refractivity contribution in [1.29, 1.82) is 0 Å². The summed E-state index contributed by atoms with van der Waals surface area (Å²) >= 11 is 0. The van der Waals surface area contributed by atoms with Gasteiger partial charge in [-0.05, 0) is 69.1 Å². The van der Waals surface area contributed by atoms with Crippen LogP contribution >= 0.6 is 0 Å². The monoisotopic (exact) mass is 395 g/mol. The van der Waals surface area contributed by atoms with Crippen LogP contribution in [0.15, 0.2) is 23.0 Å². The van der Waals surface area contributed by atoms with Crippen LogP contribution in [0.4, 0.5) is 5.69 Å². The molecule has 1 saturated heterocycles. The summed E-state index contributed by atoms with van der Waals surface area (Å²) in [5.74, 6) is 0. The van der Waals surface area contributed by atoms with Gasteiger partial charge in [-0.3, -0.25) is 9.69 Å². The van der Waals surface area contributed by atoms with Crippen molar-refractivity contribution in [2.24, 2.45) is 10.8 Å². The summed E-state index contributed by atoms with van der Waals surface area (Å²) in [6.45, 7) is 17.4. The van der Waals surface area contributed by atoms with E-state index in [2.05, 4.69) is 74.5 Å². The van der Waals surface area contributed by atoms with Crippen molar-refractivity contribution in [3.8, 4) is 0 Å². The molecule has 2 fully saturated rings. The standard InChI is InChI=1S/C25H37N3O/c1-7-27(8-2)18-9-10-22-20(11-18)23(29)21(17(3)26-22)14-28-16-25(6)13-19(28)12-24(4,5)15-25/h9-11,19H,7-8,12-16H2,1-6H3,(H,26,29)/t19-,25-/m0/s1. The highest BCUT2D eigenvalue weighted by molar-refractivity contribution is 5.83. The molecule has 2 aromatic rings. The lowest BCUT2D eigenvalue weighted by Gasteiger charge is -2.40.